The number of carbonyl (C=O) groups excluding carboxylic acids is 1. The number of aryl methyl sites for hydroxylation is 1. The lowest BCUT2D eigenvalue weighted by atomic mass is 10.3. The minimum atomic E-state index is -3.11. The van der Waals surface area contributed by atoms with Crippen molar-refractivity contribution < 1.29 is 18.5 Å². The van der Waals surface area contributed by atoms with Crippen molar-refractivity contribution in [1.29, 1.82) is 0 Å². The lowest BCUT2D eigenvalue weighted by molar-refractivity contribution is -0.386. The van der Waals surface area contributed by atoms with Crippen LogP contribution in [0.4, 0.5) is 14.5 Å². The quantitative estimate of drug-likeness (QED) is 0.534. The molecule has 2 heterocycles. The summed E-state index contributed by atoms with van der Waals surface area (Å²) in [6.45, 7) is 3.44. The second kappa shape index (κ2) is 7.77. The Morgan fingerprint density at radius 3 is 2.62 bits per heavy atom. The molecule has 0 aliphatic carbocycles. The Morgan fingerprint density at radius 2 is 2.12 bits per heavy atom. The van der Waals surface area contributed by atoms with E-state index in [0.29, 0.717) is 17.3 Å². The van der Waals surface area contributed by atoms with Crippen molar-refractivity contribution in [2.75, 3.05) is 7.05 Å². The molecule has 2 aromatic heterocycles. The lowest BCUT2D eigenvalue weighted by Gasteiger charge is -2.18. The van der Waals surface area contributed by atoms with Gasteiger partial charge in [0.1, 0.15) is 12.2 Å². The first-order chi connectivity index (χ1) is 12.2. The fraction of sp³-hybridized carbons (Fsp3) is 0.500. The van der Waals surface area contributed by atoms with Gasteiger partial charge in [0.15, 0.2) is 0 Å². The number of nitrogens with zero attached hydrogens (tertiary/aromatic N) is 6. The Balaban J connectivity index is 2.20. The molecule has 0 saturated carbocycles. The summed E-state index contributed by atoms with van der Waals surface area (Å²) in [6.07, 6.45) is -1.64. The highest BCUT2D eigenvalue weighted by Crippen LogP contribution is 2.30. The van der Waals surface area contributed by atoms with E-state index in [1.807, 2.05) is 6.92 Å². The van der Waals surface area contributed by atoms with Gasteiger partial charge in [-0.05, 0) is 13.8 Å². The number of aromatic nitrogens is 4. The largest absolute Gasteiger partial charge is 0.338 e. The van der Waals surface area contributed by atoms with Gasteiger partial charge in [0.05, 0.1) is 28.4 Å². The first kappa shape index (κ1) is 19.8. The Morgan fingerprint density at radius 1 is 1.46 bits per heavy atom. The Kier molecular flexibility index (Phi) is 5.90. The van der Waals surface area contributed by atoms with Crippen molar-refractivity contribution >= 4 is 23.2 Å². The molecule has 12 heteroatoms. The van der Waals surface area contributed by atoms with Crippen molar-refractivity contribution in [3.63, 3.8) is 0 Å². The molecule has 1 amide bonds. The molecule has 0 fully saturated rings. The molecule has 2 aromatic rings. The zero-order chi connectivity index (χ0) is 19.6. The van der Waals surface area contributed by atoms with Crippen molar-refractivity contribution in [3.8, 4) is 0 Å². The molecule has 9 nitrogen and oxygen atoms in total. The van der Waals surface area contributed by atoms with Crippen LogP contribution in [0.15, 0.2) is 6.20 Å². The van der Waals surface area contributed by atoms with Gasteiger partial charge in [0.2, 0.25) is 11.6 Å². The van der Waals surface area contributed by atoms with Crippen LogP contribution in [0, 0.1) is 17.0 Å². The van der Waals surface area contributed by atoms with Crippen LogP contribution in [-0.2, 0) is 24.4 Å². The summed E-state index contributed by atoms with van der Waals surface area (Å²) in [5.74, 6) is -0.466. The third-order valence-electron chi connectivity index (χ3n) is 3.89. The third-order valence-corrected chi connectivity index (χ3v) is 4.20. The summed E-state index contributed by atoms with van der Waals surface area (Å²) in [6, 6.07) is 0. The van der Waals surface area contributed by atoms with Gasteiger partial charge in [-0.1, -0.05) is 11.6 Å². The molecule has 0 unspecified atom stereocenters. The van der Waals surface area contributed by atoms with E-state index in [-0.39, 0.29) is 12.2 Å². The molecule has 0 saturated heterocycles. The highest BCUT2D eigenvalue weighted by Gasteiger charge is 2.31. The van der Waals surface area contributed by atoms with Gasteiger partial charge in [0, 0.05) is 13.6 Å². The number of likely N-dealkylation sites (N-methyl/N-ethyl adjacent to an activating group) is 1. The average Bonchev–Trinajstić information content (AvgIpc) is 3.08. The molecule has 26 heavy (non-hydrogen) atoms. The van der Waals surface area contributed by atoms with E-state index >= 15 is 0 Å². The number of carbonyl (C=O) groups is 1. The summed E-state index contributed by atoms with van der Waals surface area (Å²) in [4.78, 5) is 23.8. The molecule has 0 bridgehead atoms. The van der Waals surface area contributed by atoms with Gasteiger partial charge in [-0.15, -0.1) is 0 Å². The van der Waals surface area contributed by atoms with Crippen LogP contribution in [-0.4, -0.2) is 42.3 Å². The minimum Gasteiger partial charge on any atom is -0.338 e. The summed E-state index contributed by atoms with van der Waals surface area (Å²) in [7, 11) is 1.51. The molecule has 0 radical (unpaired) electrons. The van der Waals surface area contributed by atoms with Crippen LogP contribution in [0.1, 0.15) is 30.4 Å². The second-order valence-corrected chi connectivity index (χ2v) is 5.95. The Bertz CT molecular complexity index is 835. The number of rotatable bonds is 7. The third kappa shape index (κ3) is 3.82. The molecule has 0 aliphatic rings. The molecule has 0 N–H and O–H groups in total. The summed E-state index contributed by atoms with van der Waals surface area (Å²) in [5, 5.41) is 19.0. The number of halogens is 3. The van der Waals surface area contributed by atoms with Gasteiger partial charge in [-0.3, -0.25) is 24.3 Å². The van der Waals surface area contributed by atoms with E-state index < -0.39 is 35.2 Å². The highest BCUT2D eigenvalue weighted by atomic mass is 35.5. The number of alkyl halides is 2. The van der Waals surface area contributed by atoms with Crippen LogP contribution in [0.5, 0.6) is 0 Å². The predicted molar refractivity (Wildman–Crippen MR) is 88.0 cm³/mol. The van der Waals surface area contributed by atoms with E-state index in [2.05, 4.69) is 10.2 Å². The SMILES string of the molecule is CCn1ncc(Cl)c1CN(C)C(=O)Cn1nc(C(F)F)c([N+](=O)[O-])c1C. The summed E-state index contributed by atoms with van der Waals surface area (Å²) in [5.41, 5.74) is -1.21. The smallest absolute Gasteiger partial charge is 0.319 e. The second-order valence-electron chi connectivity index (χ2n) is 5.54. The van der Waals surface area contributed by atoms with Gasteiger partial charge in [-0.2, -0.15) is 10.2 Å². The zero-order valence-corrected chi connectivity index (χ0v) is 15.1. The first-order valence-corrected chi connectivity index (χ1v) is 7.99. The topological polar surface area (TPSA) is 99.1 Å². The summed E-state index contributed by atoms with van der Waals surface area (Å²) >= 11 is 6.05. The Labute approximate surface area is 152 Å². The molecular weight excluding hydrogens is 374 g/mol. The molecule has 0 atom stereocenters. The molecule has 0 aliphatic heterocycles. The van der Waals surface area contributed by atoms with Crippen LogP contribution >= 0.6 is 11.6 Å². The maximum absolute atomic E-state index is 13.0. The van der Waals surface area contributed by atoms with Gasteiger partial charge in [-0.25, -0.2) is 8.78 Å². The van der Waals surface area contributed by atoms with Crippen LogP contribution in [0.2, 0.25) is 5.02 Å². The molecular formula is C14H17ClF2N6O3. The number of nitro groups is 1. The molecule has 0 spiro atoms. The van der Waals surface area contributed by atoms with Crippen molar-refractivity contribution in [3.05, 3.63) is 38.4 Å². The fourth-order valence-electron chi connectivity index (χ4n) is 2.47. The van der Waals surface area contributed by atoms with E-state index in [4.69, 9.17) is 11.6 Å². The maximum atomic E-state index is 13.0. The van der Waals surface area contributed by atoms with Gasteiger partial charge < -0.3 is 4.90 Å². The fourth-order valence-corrected chi connectivity index (χ4v) is 2.67. The highest BCUT2D eigenvalue weighted by molar-refractivity contribution is 6.31. The van der Waals surface area contributed by atoms with Crippen molar-refractivity contribution in [2.45, 2.75) is 39.9 Å². The maximum Gasteiger partial charge on any atom is 0.319 e. The number of hydrogen-bond donors (Lipinski definition) is 0. The van der Waals surface area contributed by atoms with Crippen molar-refractivity contribution in [2.24, 2.45) is 0 Å². The standard InChI is InChI=1S/C14H17ClF2N6O3/c1-4-21-10(9(15)5-18-21)6-20(3)11(24)7-22-8(2)13(23(25)26)12(19-22)14(16)17/h5,14H,4,6-7H2,1-3H3. The number of amides is 1. The van der Waals surface area contributed by atoms with Gasteiger partial charge >= 0.3 is 5.69 Å². The van der Waals surface area contributed by atoms with E-state index in [1.54, 1.807) is 4.68 Å². The van der Waals surface area contributed by atoms with Crippen molar-refractivity contribution in [1.82, 2.24) is 24.5 Å². The molecule has 142 valence electrons. The monoisotopic (exact) mass is 390 g/mol. The van der Waals surface area contributed by atoms with Crippen LogP contribution < -0.4 is 0 Å². The lowest BCUT2D eigenvalue weighted by Crippen LogP contribution is -2.31. The first-order valence-electron chi connectivity index (χ1n) is 7.61. The minimum absolute atomic E-state index is 0.108. The van der Waals surface area contributed by atoms with E-state index in [9.17, 15) is 23.7 Å². The van der Waals surface area contributed by atoms with Gasteiger partial charge in [0.25, 0.3) is 6.43 Å². The molecule has 0 aromatic carbocycles. The number of hydrogen-bond acceptors (Lipinski definition) is 5. The zero-order valence-electron chi connectivity index (χ0n) is 14.3. The van der Waals surface area contributed by atoms with Crippen LogP contribution in [0.3, 0.4) is 0 Å². The van der Waals surface area contributed by atoms with E-state index in [1.165, 1.54) is 25.1 Å². The predicted octanol–water partition coefficient (Wildman–Crippen LogP) is 2.57. The van der Waals surface area contributed by atoms with E-state index in [0.717, 1.165) is 4.68 Å². The summed E-state index contributed by atoms with van der Waals surface area (Å²) < 4.78 is 28.5. The average molecular weight is 391 g/mol. The Hall–Kier alpha value is -2.56. The normalized spacial score (nSPS) is 11.2. The van der Waals surface area contributed by atoms with Crippen LogP contribution in [0.25, 0.3) is 0 Å². The molecule has 2 rings (SSSR count).